The van der Waals surface area contributed by atoms with Gasteiger partial charge in [-0.3, -0.25) is 4.79 Å². The minimum Gasteiger partial charge on any atom is -0.493 e. The number of benzene rings is 2. The lowest BCUT2D eigenvalue weighted by Crippen LogP contribution is -2.31. The van der Waals surface area contributed by atoms with Crippen molar-refractivity contribution in [2.75, 3.05) is 35.2 Å². The molecule has 2 aromatic carbocycles. The molecule has 0 saturated carbocycles. The summed E-state index contributed by atoms with van der Waals surface area (Å²) in [6, 6.07) is 3.60. The molecule has 0 N–H and O–H groups in total. The van der Waals surface area contributed by atoms with Gasteiger partial charge < -0.3 is 37.9 Å². The number of allylic oxidation sites excluding steroid dienone is 1. The molecule has 0 amide bonds. The minimum absolute atomic E-state index is 0.00124. The van der Waals surface area contributed by atoms with Crippen LogP contribution >= 0.6 is 0 Å². The Hall–Kier alpha value is -4.08. The standard InChI is InChI=1S/C31H38O10/c1-10-15(3)31(33)41-26-17(5)16(4)25(40-22(32)11-2)19-13-21-28(39-14-38-21)30(37-9)24(19)23-18(26)12-20(34-6)27(35-7)29(23)36-8/h10,12-13,16-17,25-26H,11,14H2,1-9H3/b15-10+/t16-,17-,25-,26-/m0/s1. The van der Waals surface area contributed by atoms with Gasteiger partial charge in [0, 0.05) is 46.1 Å². The predicted molar refractivity (Wildman–Crippen MR) is 150 cm³/mol. The first-order chi connectivity index (χ1) is 19.7. The van der Waals surface area contributed by atoms with E-state index in [0.29, 0.717) is 62.3 Å². The van der Waals surface area contributed by atoms with Crippen LogP contribution in [0, 0.1) is 11.8 Å². The van der Waals surface area contributed by atoms with Crippen LogP contribution in [0.1, 0.15) is 64.4 Å². The third-order valence-corrected chi connectivity index (χ3v) is 7.90. The van der Waals surface area contributed by atoms with Gasteiger partial charge in [-0.1, -0.05) is 26.8 Å². The summed E-state index contributed by atoms with van der Waals surface area (Å²) in [5.74, 6) is 0.740. The Morgan fingerprint density at radius 2 is 1.44 bits per heavy atom. The van der Waals surface area contributed by atoms with Crippen molar-refractivity contribution in [1.82, 2.24) is 0 Å². The maximum absolute atomic E-state index is 13.2. The average Bonchev–Trinajstić information content (AvgIpc) is 3.47. The molecule has 2 aromatic rings. The van der Waals surface area contributed by atoms with Crippen LogP contribution in [0.15, 0.2) is 23.8 Å². The second-order valence-electron chi connectivity index (χ2n) is 10.00. The van der Waals surface area contributed by atoms with Crippen molar-refractivity contribution >= 4 is 11.9 Å². The summed E-state index contributed by atoms with van der Waals surface area (Å²) in [5, 5.41) is 0. The van der Waals surface area contributed by atoms with Crippen LogP contribution in [-0.2, 0) is 19.1 Å². The van der Waals surface area contributed by atoms with Crippen molar-refractivity contribution < 1.29 is 47.5 Å². The first kappa shape index (κ1) is 29.9. The van der Waals surface area contributed by atoms with Crippen molar-refractivity contribution in [3.05, 3.63) is 34.9 Å². The SMILES string of the molecule is C/C=C(\C)C(=O)O[C@@H]1c2cc(OC)c(OC)c(OC)c2-c2c(cc3c(c2OC)OCO3)[C@@H](OC(=O)CC)[C@@H](C)[C@@H]1C. The van der Waals surface area contributed by atoms with Gasteiger partial charge in [0.15, 0.2) is 23.0 Å². The van der Waals surface area contributed by atoms with E-state index >= 15 is 0 Å². The second-order valence-corrected chi connectivity index (χ2v) is 10.00. The molecule has 4 atom stereocenters. The highest BCUT2D eigenvalue weighted by molar-refractivity contribution is 5.91. The summed E-state index contributed by atoms with van der Waals surface area (Å²) < 4.78 is 47.3. The predicted octanol–water partition coefficient (Wildman–Crippen LogP) is 5.95. The fourth-order valence-corrected chi connectivity index (χ4v) is 5.38. The molecular formula is C31H38O10. The third kappa shape index (κ3) is 5.11. The van der Waals surface area contributed by atoms with Crippen LogP contribution in [0.4, 0.5) is 0 Å². The highest BCUT2D eigenvalue weighted by Gasteiger charge is 2.44. The molecule has 222 valence electrons. The number of carbonyl (C=O) groups is 2. The van der Waals surface area contributed by atoms with Gasteiger partial charge in [-0.25, -0.2) is 4.79 Å². The van der Waals surface area contributed by atoms with E-state index in [2.05, 4.69) is 0 Å². The van der Waals surface area contributed by atoms with E-state index in [0.717, 1.165) is 0 Å². The number of esters is 2. The van der Waals surface area contributed by atoms with Crippen LogP contribution in [0.2, 0.25) is 0 Å². The summed E-state index contributed by atoms with van der Waals surface area (Å²) in [4.78, 5) is 26.0. The molecule has 0 spiro atoms. The lowest BCUT2D eigenvalue weighted by atomic mass is 9.74. The molecule has 0 radical (unpaired) electrons. The van der Waals surface area contributed by atoms with Gasteiger partial charge in [0.25, 0.3) is 0 Å². The molecular weight excluding hydrogens is 532 g/mol. The zero-order chi connectivity index (χ0) is 30.0. The van der Waals surface area contributed by atoms with E-state index in [1.54, 1.807) is 32.9 Å². The maximum Gasteiger partial charge on any atom is 0.333 e. The van der Waals surface area contributed by atoms with Gasteiger partial charge in [-0.2, -0.15) is 0 Å². The lowest BCUT2D eigenvalue weighted by Gasteiger charge is -2.39. The molecule has 4 rings (SSSR count). The smallest absolute Gasteiger partial charge is 0.333 e. The molecule has 41 heavy (non-hydrogen) atoms. The van der Waals surface area contributed by atoms with Crippen LogP contribution in [-0.4, -0.2) is 47.2 Å². The quantitative estimate of drug-likeness (QED) is 0.279. The van der Waals surface area contributed by atoms with Crippen molar-refractivity contribution in [3.63, 3.8) is 0 Å². The second kappa shape index (κ2) is 12.2. The van der Waals surface area contributed by atoms with Crippen molar-refractivity contribution in [3.8, 4) is 45.6 Å². The maximum atomic E-state index is 13.2. The van der Waals surface area contributed by atoms with E-state index < -0.39 is 18.2 Å². The molecule has 0 bridgehead atoms. The Kier molecular flexibility index (Phi) is 8.89. The molecule has 0 fully saturated rings. The van der Waals surface area contributed by atoms with Gasteiger partial charge in [0.1, 0.15) is 12.2 Å². The molecule has 2 aliphatic rings. The van der Waals surface area contributed by atoms with Crippen molar-refractivity contribution in [2.24, 2.45) is 11.8 Å². The highest BCUT2D eigenvalue weighted by Crippen LogP contribution is 2.60. The van der Waals surface area contributed by atoms with Gasteiger partial charge in [-0.15, -0.1) is 0 Å². The fourth-order valence-electron chi connectivity index (χ4n) is 5.38. The van der Waals surface area contributed by atoms with Crippen LogP contribution in [0.3, 0.4) is 0 Å². The Morgan fingerprint density at radius 3 is 2.00 bits per heavy atom. The Balaban J connectivity index is 2.20. The topological polar surface area (TPSA) is 108 Å². The molecule has 10 nitrogen and oxygen atoms in total. The molecule has 0 saturated heterocycles. The van der Waals surface area contributed by atoms with Crippen molar-refractivity contribution in [1.29, 1.82) is 0 Å². The number of methoxy groups -OCH3 is 4. The Morgan fingerprint density at radius 1 is 0.854 bits per heavy atom. The van der Waals surface area contributed by atoms with Gasteiger partial charge in [0.05, 0.1) is 28.4 Å². The highest BCUT2D eigenvalue weighted by atomic mass is 16.7. The van der Waals surface area contributed by atoms with Crippen molar-refractivity contribution in [2.45, 2.75) is 53.2 Å². The zero-order valence-corrected chi connectivity index (χ0v) is 25.0. The Bertz CT molecular complexity index is 1360. The number of ether oxygens (including phenoxy) is 8. The fraction of sp³-hybridized carbons (Fsp3) is 0.484. The van der Waals surface area contributed by atoms with Crippen LogP contribution < -0.4 is 28.4 Å². The minimum atomic E-state index is -0.804. The van der Waals surface area contributed by atoms with Crippen LogP contribution in [0.25, 0.3) is 11.1 Å². The van der Waals surface area contributed by atoms with Crippen LogP contribution in [0.5, 0.6) is 34.5 Å². The average molecular weight is 571 g/mol. The summed E-state index contributed by atoms with van der Waals surface area (Å²) in [6.07, 6.45) is 0.312. The molecule has 0 unspecified atom stereocenters. The van der Waals surface area contributed by atoms with E-state index in [9.17, 15) is 9.59 Å². The third-order valence-electron chi connectivity index (χ3n) is 7.90. The number of carbonyl (C=O) groups excluding carboxylic acids is 2. The molecule has 10 heteroatoms. The molecule has 1 aliphatic carbocycles. The number of fused-ring (bicyclic) bond motifs is 4. The zero-order valence-electron chi connectivity index (χ0n) is 25.0. The lowest BCUT2D eigenvalue weighted by molar-refractivity contribution is -0.158. The number of hydrogen-bond donors (Lipinski definition) is 0. The normalized spacial score (nSPS) is 21.0. The summed E-state index contributed by atoms with van der Waals surface area (Å²) in [7, 11) is 6.07. The first-order valence-electron chi connectivity index (χ1n) is 13.5. The number of rotatable bonds is 8. The Labute approximate surface area is 240 Å². The monoisotopic (exact) mass is 570 g/mol. The largest absolute Gasteiger partial charge is 0.493 e. The van der Waals surface area contributed by atoms with E-state index in [4.69, 9.17) is 37.9 Å². The van der Waals surface area contributed by atoms with E-state index in [1.165, 1.54) is 28.4 Å². The number of hydrogen-bond acceptors (Lipinski definition) is 10. The molecule has 0 aromatic heterocycles. The molecule has 1 heterocycles. The first-order valence-corrected chi connectivity index (χ1v) is 13.5. The van der Waals surface area contributed by atoms with Gasteiger partial charge in [-0.05, 0) is 26.0 Å². The van der Waals surface area contributed by atoms with E-state index in [1.807, 2.05) is 19.9 Å². The van der Waals surface area contributed by atoms with Gasteiger partial charge in [0.2, 0.25) is 18.3 Å². The van der Waals surface area contributed by atoms with Gasteiger partial charge >= 0.3 is 11.9 Å². The summed E-state index contributed by atoms with van der Waals surface area (Å²) in [5.41, 5.74) is 2.77. The van der Waals surface area contributed by atoms with E-state index in [-0.39, 0.29) is 31.0 Å². The summed E-state index contributed by atoms with van der Waals surface area (Å²) in [6.45, 7) is 9.13. The molecule has 1 aliphatic heterocycles. The summed E-state index contributed by atoms with van der Waals surface area (Å²) >= 11 is 0.